The highest BCUT2D eigenvalue weighted by atomic mass is 32.1. The Labute approximate surface area is 119 Å². The van der Waals surface area contributed by atoms with Gasteiger partial charge >= 0.3 is 6.18 Å². The standard InChI is InChI=1S/C11H17F3N4OS/c12-11(13,14)9-15-16-10(20-9)18-5-1-3-17(6-7-18)4-2-8-19/h19H,1-8H2. The van der Waals surface area contributed by atoms with E-state index in [2.05, 4.69) is 15.1 Å². The molecule has 114 valence electrons. The molecule has 1 aromatic heterocycles. The highest BCUT2D eigenvalue weighted by Gasteiger charge is 2.36. The molecule has 20 heavy (non-hydrogen) atoms. The van der Waals surface area contributed by atoms with E-state index >= 15 is 0 Å². The molecule has 0 aliphatic carbocycles. The van der Waals surface area contributed by atoms with Crippen LogP contribution in [0, 0.1) is 0 Å². The summed E-state index contributed by atoms with van der Waals surface area (Å²) in [6.45, 7) is 3.95. The Hall–Kier alpha value is -0.930. The molecule has 1 N–H and O–H groups in total. The highest BCUT2D eigenvalue weighted by molar-refractivity contribution is 7.15. The van der Waals surface area contributed by atoms with Gasteiger partial charge in [-0.05, 0) is 19.4 Å². The fraction of sp³-hybridized carbons (Fsp3) is 0.818. The number of nitrogens with zero attached hydrogens (tertiary/aromatic N) is 4. The summed E-state index contributed by atoms with van der Waals surface area (Å²) in [5.74, 6) is 0. The van der Waals surface area contributed by atoms with Gasteiger partial charge in [0.05, 0.1) is 0 Å². The minimum absolute atomic E-state index is 0.158. The largest absolute Gasteiger partial charge is 0.445 e. The molecule has 1 aliphatic heterocycles. The van der Waals surface area contributed by atoms with Crippen molar-refractivity contribution in [2.75, 3.05) is 44.2 Å². The molecule has 0 radical (unpaired) electrons. The number of rotatable bonds is 4. The van der Waals surface area contributed by atoms with E-state index in [1.54, 1.807) is 0 Å². The molecule has 2 rings (SSSR count). The van der Waals surface area contributed by atoms with Gasteiger partial charge in [0.15, 0.2) is 0 Å². The molecule has 0 aromatic carbocycles. The molecule has 5 nitrogen and oxygen atoms in total. The van der Waals surface area contributed by atoms with Crippen molar-refractivity contribution in [3.05, 3.63) is 5.01 Å². The number of aromatic nitrogens is 2. The average Bonchev–Trinajstić information content (AvgIpc) is 2.77. The monoisotopic (exact) mass is 310 g/mol. The van der Waals surface area contributed by atoms with Crippen LogP contribution in [0.1, 0.15) is 17.8 Å². The van der Waals surface area contributed by atoms with Crippen LogP contribution in [0.2, 0.25) is 0 Å². The van der Waals surface area contributed by atoms with Gasteiger partial charge in [-0.15, -0.1) is 10.2 Å². The van der Waals surface area contributed by atoms with Gasteiger partial charge in [-0.2, -0.15) is 13.2 Å². The summed E-state index contributed by atoms with van der Waals surface area (Å²) >= 11 is 0.595. The lowest BCUT2D eigenvalue weighted by Gasteiger charge is -2.20. The quantitative estimate of drug-likeness (QED) is 0.912. The number of hydrogen-bond acceptors (Lipinski definition) is 6. The molecular formula is C11H17F3N4OS. The van der Waals surface area contributed by atoms with Gasteiger partial charge in [0.25, 0.3) is 0 Å². The van der Waals surface area contributed by atoms with Gasteiger partial charge in [-0.3, -0.25) is 0 Å². The van der Waals surface area contributed by atoms with Crippen molar-refractivity contribution in [3.8, 4) is 0 Å². The second-order valence-electron chi connectivity index (χ2n) is 4.65. The van der Waals surface area contributed by atoms with Crippen molar-refractivity contribution >= 4 is 16.5 Å². The zero-order valence-electron chi connectivity index (χ0n) is 10.9. The molecule has 1 aliphatic rings. The van der Waals surface area contributed by atoms with Crippen LogP contribution in [-0.2, 0) is 6.18 Å². The van der Waals surface area contributed by atoms with Crippen LogP contribution in [0.5, 0.6) is 0 Å². The maximum absolute atomic E-state index is 12.5. The summed E-state index contributed by atoms with van der Waals surface area (Å²) in [4.78, 5) is 4.06. The van der Waals surface area contributed by atoms with Crippen LogP contribution >= 0.6 is 11.3 Å². The average molecular weight is 310 g/mol. The predicted octanol–water partition coefficient (Wildman–Crippen LogP) is 1.45. The van der Waals surface area contributed by atoms with Crippen molar-refractivity contribution < 1.29 is 18.3 Å². The molecule has 9 heteroatoms. The van der Waals surface area contributed by atoms with Gasteiger partial charge in [0.2, 0.25) is 10.1 Å². The molecule has 1 fully saturated rings. The lowest BCUT2D eigenvalue weighted by atomic mass is 10.3. The van der Waals surface area contributed by atoms with Gasteiger partial charge in [-0.1, -0.05) is 11.3 Å². The van der Waals surface area contributed by atoms with Gasteiger partial charge < -0.3 is 14.9 Å². The first-order chi connectivity index (χ1) is 9.50. The molecule has 1 saturated heterocycles. The zero-order valence-corrected chi connectivity index (χ0v) is 11.8. The normalized spacial score (nSPS) is 18.3. The van der Waals surface area contributed by atoms with Crippen molar-refractivity contribution in [1.82, 2.24) is 15.1 Å². The molecule has 0 spiro atoms. The first kappa shape index (κ1) is 15.5. The summed E-state index contributed by atoms with van der Waals surface area (Å²) in [5.41, 5.74) is 0. The molecule has 0 bridgehead atoms. The second kappa shape index (κ2) is 6.68. The van der Waals surface area contributed by atoms with E-state index in [4.69, 9.17) is 5.11 Å². The van der Waals surface area contributed by atoms with Crippen LogP contribution in [0.25, 0.3) is 0 Å². The number of anilines is 1. The Balaban J connectivity index is 1.95. The Morgan fingerprint density at radius 3 is 2.60 bits per heavy atom. The summed E-state index contributed by atoms with van der Waals surface area (Å²) < 4.78 is 37.5. The van der Waals surface area contributed by atoms with Crippen molar-refractivity contribution in [2.45, 2.75) is 19.0 Å². The highest BCUT2D eigenvalue weighted by Crippen LogP contribution is 2.34. The van der Waals surface area contributed by atoms with E-state index in [9.17, 15) is 13.2 Å². The molecule has 0 atom stereocenters. The van der Waals surface area contributed by atoms with Crippen LogP contribution in [0.3, 0.4) is 0 Å². The fourth-order valence-electron chi connectivity index (χ4n) is 2.14. The van der Waals surface area contributed by atoms with E-state index < -0.39 is 11.2 Å². The number of alkyl halides is 3. The maximum atomic E-state index is 12.5. The van der Waals surface area contributed by atoms with E-state index in [1.807, 2.05) is 4.90 Å². The number of halogens is 3. The molecule has 2 heterocycles. The van der Waals surface area contributed by atoms with E-state index in [1.165, 1.54) is 0 Å². The van der Waals surface area contributed by atoms with E-state index in [-0.39, 0.29) is 6.61 Å². The third-order valence-corrected chi connectivity index (χ3v) is 4.18. The fourth-order valence-corrected chi connectivity index (χ4v) is 2.90. The Bertz CT molecular complexity index is 426. The summed E-state index contributed by atoms with van der Waals surface area (Å²) in [6.07, 6.45) is -2.84. The third kappa shape index (κ3) is 4.03. The first-order valence-corrected chi connectivity index (χ1v) is 7.31. The predicted molar refractivity (Wildman–Crippen MR) is 69.9 cm³/mol. The molecular weight excluding hydrogens is 293 g/mol. The lowest BCUT2D eigenvalue weighted by Crippen LogP contribution is -2.31. The number of hydrogen-bond donors (Lipinski definition) is 1. The number of aliphatic hydroxyl groups excluding tert-OH is 1. The molecule has 0 unspecified atom stereocenters. The molecule has 0 amide bonds. The second-order valence-corrected chi connectivity index (χ2v) is 5.60. The van der Waals surface area contributed by atoms with Crippen LogP contribution in [-0.4, -0.2) is 59.5 Å². The van der Waals surface area contributed by atoms with E-state index in [0.29, 0.717) is 29.6 Å². The van der Waals surface area contributed by atoms with Crippen molar-refractivity contribution in [3.63, 3.8) is 0 Å². The van der Waals surface area contributed by atoms with Crippen LogP contribution in [0.4, 0.5) is 18.3 Å². The number of aliphatic hydroxyl groups is 1. The molecule has 1 aromatic rings. The molecule has 0 saturated carbocycles. The smallest absolute Gasteiger partial charge is 0.396 e. The lowest BCUT2D eigenvalue weighted by molar-refractivity contribution is -0.138. The summed E-state index contributed by atoms with van der Waals surface area (Å²) in [5, 5.41) is 15.1. The van der Waals surface area contributed by atoms with E-state index in [0.717, 1.165) is 32.5 Å². The Kier molecular flexibility index (Phi) is 5.17. The van der Waals surface area contributed by atoms with Crippen LogP contribution < -0.4 is 4.90 Å². The van der Waals surface area contributed by atoms with Gasteiger partial charge in [-0.25, -0.2) is 0 Å². The summed E-state index contributed by atoms with van der Waals surface area (Å²) in [7, 11) is 0. The first-order valence-electron chi connectivity index (χ1n) is 6.49. The Morgan fingerprint density at radius 1 is 1.15 bits per heavy atom. The minimum Gasteiger partial charge on any atom is -0.396 e. The zero-order chi connectivity index (χ0) is 14.6. The minimum atomic E-state index is -4.42. The topological polar surface area (TPSA) is 52.5 Å². The van der Waals surface area contributed by atoms with Gasteiger partial charge in [0.1, 0.15) is 0 Å². The third-order valence-electron chi connectivity index (χ3n) is 3.15. The summed E-state index contributed by atoms with van der Waals surface area (Å²) in [6, 6.07) is 0. The SMILES string of the molecule is OCCCN1CCCN(c2nnc(C(F)(F)F)s2)CC1. The van der Waals surface area contributed by atoms with Crippen molar-refractivity contribution in [1.29, 1.82) is 0 Å². The maximum Gasteiger partial charge on any atom is 0.445 e. The van der Waals surface area contributed by atoms with Gasteiger partial charge in [0, 0.05) is 32.8 Å². The van der Waals surface area contributed by atoms with Crippen LogP contribution in [0.15, 0.2) is 0 Å². The van der Waals surface area contributed by atoms with Crippen molar-refractivity contribution in [2.24, 2.45) is 0 Å². The Morgan fingerprint density at radius 2 is 1.95 bits per heavy atom.